The SMILES string of the molecule is CC(=O)NCCC1CCCCN1.Cl.Cl. The second-order valence-corrected chi connectivity index (χ2v) is 3.42. The Morgan fingerprint density at radius 2 is 2.14 bits per heavy atom. The van der Waals surface area contributed by atoms with Gasteiger partial charge in [-0.3, -0.25) is 4.79 Å². The second kappa shape index (κ2) is 9.56. The van der Waals surface area contributed by atoms with Crippen molar-refractivity contribution in [1.29, 1.82) is 0 Å². The molecule has 1 aliphatic heterocycles. The number of hydrogen-bond donors (Lipinski definition) is 2. The van der Waals surface area contributed by atoms with Crippen molar-refractivity contribution in [2.45, 2.75) is 38.6 Å². The molecule has 0 aromatic heterocycles. The summed E-state index contributed by atoms with van der Waals surface area (Å²) >= 11 is 0. The highest BCUT2D eigenvalue weighted by atomic mass is 35.5. The Morgan fingerprint density at radius 1 is 1.43 bits per heavy atom. The lowest BCUT2D eigenvalue weighted by Crippen LogP contribution is -2.37. The minimum absolute atomic E-state index is 0. The van der Waals surface area contributed by atoms with Gasteiger partial charge in [0.25, 0.3) is 0 Å². The van der Waals surface area contributed by atoms with Gasteiger partial charge in [-0.25, -0.2) is 0 Å². The van der Waals surface area contributed by atoms with Crippen LogP contribution in [0.1, 0.15) is 32.6 Å². The fourth-order valence-corrected chi connectivity index (χ4v) is 1.59. The van der Waals surface area contributed by atoms with Crippen molar-refractivity contribution in [3.8, 4) is 0 Å². The maximum Gasteiger partial charge on any atom is 0.216 e. The highest BCUT2D eigenvalue weighted by molar-refractivity contribution is 5.85. The van der Waals surface area contributed by atoms with E-state index in [1.165, 1.54) is 19.3 Å². The van der Waals surface area contributed by atoms with Crippen LogP contribution < -0.4 is 10.6 Å². The predicted molar refractivity (Wildman–Crippen MR) is 63.4 cm³/mol. The highest BCUT2D eigenvalue weighted by Gasteiger charge is 2.11. The quantitative estimate of drug-likeness (QED) is 0.788. The van der Waals surface area contributed by atoms with Crippen molar-refractivity contribution in [3.63, 3.8) is 0 Å². The normalized spacial score (nSPS) is 20.2. The molecule has 1 saturated heterocycles. The third-order valence-corrected chi connectivity index (χ3v) is 2.28. The summed E-state index contributed by atoms with van der Waals surface area (Å²) in [4.78, 5) is 10.6. The summed E-state index contributed by atoms with van der Waals surface area (Å²) in [5.41, 5.74) is 0. The van der Waals surface area contributed by atoms with E-state index in [0.29, 0.717) is 6.04 Å². The van der Waals surface area contributed by atoms with Crippen LogP contribution in [0.2, 0.25) is 0 Å². The second-order valence-electron chi connectivity index (χ2n) is 3.42. The third kappa shape index (κ3) is 7.42. The summed E-state index contributed by atoms with van der Waals surface area (Å²) in [6.07, 6.45) is 4.97. The molecule has 2 N–H and O–H groups in total. The van der Waals surface area contributed by atoms with Gasteiger partial charge in [0.15, 0.2) is 0 Å². The zero-order chi connectivity index (χ0) is 8.81. The van der Waals surface area contributed by atoms with Crippen LogP contribution >= 0.6 is 24.8 Å². The average molecular weight is 243 g/mol. The Kier molecular flexibility index (Phi) is 11.2. The number of piperidine rings is 1. The van der Waals surface area contributed by atoms with E-state index >= 15 is 0 Å². The summed E-state index contributed by atoms with van der Waals surface area (Å²) in [7, 11) is 0. The molecule has 1 rings (SSSR count). The van der Waals surface area contributed by atoms with E-state index in [9.17, 15) is 4.79 Å². The third-order valence-electron chi connectivity index (χ3n) is 2.28. The molecule has 0 aliphatic carbocycles. The Balaban J connectivity index is 0. The number of hydrogen-bond acceptors (Lipinski definition) is 2. The fourth-order valence-electron chi connectivity index (χ4n) is 1.59. The van der Waals surface area contributed by atoms with Crippen molar-refractivity contribution in [2.24, 2.45) is 0 Å². The minimum Gasteiger partial charge on any atom is -0.356 e. The Labute approximate surface area is 98.2 Å². The van der Waals surface area contributed by atoms with Crippen molar-refractivity contribution < 1.29 is 4.79 Å². The Bertz CT molecular complexity index is 150. The van der Waals surface area contributed by atoms with Gasteiger partial charge in [-0.2, -0.15) is 0 Å². The zero-order valence-corrected chi connectivity index (χ0v) is 10.2. The highest BCUT2D eigenvalue weighted by Crippen LogP contribution is 2.08. The van der Waals surface area contributed by atoms with Crippen LogP contribution in [0.4, 0.5) is 0 Å². The first kappa shape index (κ1) is 16.4. The van der Waals surface area contributed by atoms with Crippen LogP contribution in [0.3, 0.4) is 0 Å². The molecule has 0 aromatic carbocycles. The van der Waals surface area contributed by atoms with Crippen molar-refractivity contribution in [2.75, 3.05) is 13.1 Å². The van der Waals surface area contributed by atoms with E-state index in [0.717, 1.165) is 19.5 Å². The van der Waals surface area contributed by atoms with Crippen LogP contribution in [-0.2, 0) is 4.79 Å². The number of amides is 1. The van der Waals surface area contributed by atoms with Gasteiger partial charge in [0.2, 0.25) is 5.91 Å². The number of carbonyl (C=O) groups is 1. The molecule has 1 unspecified atom stereocenters. The summed E-state index contributed by atoms with van der Waals surface area (Å²) < 4.78 is 0. The molecular formula is C9H20Cl2N2O. The molecule has 0 saturated carbocycles. The number of halogens is 2. The number of rotatable bonds is 3. The molecule has 1 atom stereocenters. The smallest absolute Gasteiger partial charge is 0.216 e. The first-order valence-electron chi connectivity index (χ1n) is 4.77. The van der Waals surface area contributed by atoms with Gasteiger partial charge in [0.05, 0.1) is 0 Å². The van der Waals surface area contributed by atoms with Gasteiger partial charge in [0.1, 0.15) is 0 Å². The monoisotopic (exact) mass is 242 g/mol. The lowest BCUT2D eigenvalue weighted by atomic mass is 10.0. The standard InChI is InChI=1S/C9H18N2O.2ClH/c1-8(12)10-7-5-9-4-2-3-6-11-9;;/h9,11H,2-7H2,1H3,(H,10,12);2*1H. The Morgan fingerprint density at radius 3 is 2.64 bits per heavy atom. The van der Waals surface area contributed by atoms with E-state index in [1.54, 1.807) is 6.92 Å². The molecule has 86 valence electrons. The van der Waals surface area contributed by atoms with Crippen molar-refractivity contribution in [3.05, 3.63) is 0 Å². The molecule has 1 aliphatic rings. The van der Waals surface area contributed by atoms with Crippen LogP contribution in [-0.4, -0.2) is 25.0 Å². The minimum atomic E-state index is 0. The molecule has 14 heavy (non-hydrogen) atoms. The van der Waals surface area contributed by atoms with Crippen LogP contribution in [0.25, 0.3) is 0 Å². The zero-order valence-electron chi connectivity index (χ0n) is 8.54. The van der Waals surface area contributed by atoms with Crippen LogP contribution in [0.15, 0.2) is 0 Å². The van der Waals surface area contributed by atoms with Gasteiger partial charge in [-0.05, 0) is 25.8 Å². The van der Waals surface area contributed by atoms with Gasteiger partial charge in [-0.1, -0.05) is 6.42 Å². The molecule has 0 radical (unpaired) electrons. The molecule has 5 heteroatoms. The molecule has 0 aromatic rings. The molecule has 1 heterocycles. The average Bonchev–Trinajstić information content (AvgIpc) is 2.05. The molecule has 1 amide bonds. The summed E-state index contributed by atoms with van der Waals surface area (Å²) in [5, 5.41) is 6.26. The molecule has 0 spiro atoms. The van der Waals surface area contributed by atoms with Crippen molar-refractivity contribution in [1.82, 2.24) is 10.6 Å². The summed E-state index contributed by atoms with van der Waals surface area (Å²) in [5.74, 6) is 0.0748. The maximum atomic E-state index is 10.6. The summed E-state index contributed by atoms with van der Waals surface area (Å²) in [6, 6.07) is 0.630. The van der Waals surface area contributed by atoms with E-state index in [1.807, 2.05) is 0 Å². The molecule has 0 bridgehead atoms. The summed E-state index contributed by atoms with van der Waals surface area (Å²) in [6.45, 7) is 3.52. The van der Waals surface area contributed by atoms with Crippen LogP contribution in [0, 0.1) is 0 Å². The van der Waals surface area contributed by atoms with E-state index in [2.05, 4.69) is 10.6 Å². The lowest BCUT2D eigenvalue weighted by Gasteiger charge is -2.23. The van der Waals surface area contributed by atoms with E-state index in [4.69, 9.17) is 0 Å². The first-order chi connectivity index (χ1) is 5.79. The van der Waals surface area contributed by atoms with Crippen LogP contribution in [0.5, 0.6) is 0 Å². The largest absolute Gasteiger partial charge is 0.356 e. The molecular weight excluding hydrogens is 223 g/mol. The predicted octanol–water partition coefficient (Wildman–Crippen LogP) is 1.50. The van der Waals surface area contributed by atoms with E-state index < -0.39 is 0 Å². The maximum absolute atomic E-state index is 10.6. The van der Waals surface area contributed by atoms with Gasteiger partial charge >= 0.3 is 0 Å². The Hall–Kier alpha value is 0.01000. The fraction of sp³-hybridized carbons (Fsp3) is 0.889. The van der Waals surface area contributed by atoms with E-state index in [-0.39, 0.29) is 30.7 Å². The lowest BCUT2D eigenvalue weighted by molar-refractivity contribution is -0.118. The first-order valence-corrected chi connectivity index (χ1v) is 4.77. The topological polar surface area (TPSA) is 41.1 Å². The van der Waals surface area contributed by atoms with Crippen molar-refractivity contribution >= 4 is 30.7 Å². The number of nitrogens with one attached hydrogen (secondary N) is 2. The van der Waals surface area contributed by atoms with Gasteiger partial charge in [0, 0.05) is 19.5 Å². The molecule has 1 fully saturated rings. The molecule has 3 nitrogen and oxygen atoms in total. The van der Waals surface area contributed by atoms with Gasteiger partial charge in [-0.15, -0.1) is 24.8 Å². The van der Waals surface area contributed by atoms with Gasteiger partial charge < -0.3 is 10.6 Å². The number of carbonyl (C=O) groups excluding carboxylic acids is 1.